The van der Waals surface area contributed by atoms with E-state index in [0.717, 1.165) is 22.3 Å². The summed E-state index contributed by atoms with van der Waals surface area (Å²) in [6.45, 7) is 7.37. The van der Waals surface area contributed by atoms with Crippen LogP contribution in [0.3, 0.4) is 0 Å². The summed E-state index contributed by atoms with van der Waals surface area (Å²) in [4.78, 5) is 7.86. The Morgan fingerprint density at radius 3 is 2.19 bits per heavy atom. The minimum Gasteiger partial charge on any atom is -0.263 e. The molecular weight excluding hydrogens is 310 g/mol. The lowest BCUT2D eigenvalue weighted by Gasteiger charge is -2.16. The van der Waals surface area contributed by atoms with Gasteiger partial charge in [0.25, 0.3) is 10.0 Å². The highest BCUT2D eigenvalue weighted by Gasteiger charge is 2.22. The lowest BCUT2D eigenvalue weighted by atomic mass is 10.0. The summed E-state index contributed by atoms with van der Waals surface area (Å²) in [7, 11) is -3.74. The van der Waals surface area contributed by atoms with Crippen molar-refractivity contribution in [1.29, 1.82) is 0 Å². The Balaban J connectivity index is 2.55. The van der Waals surface area contributed by atoms with Gasteiger partial charge in [-0.15, -0.1) is 0 Å². The molecule has 2 rings (SSSR count). The first kappa shape index (κ1) is 15.7. The number of rotatable bonds is 3. The number of nitrogens with zero attached hydrogens (tertiary/aromatic N) is 2. The van der Waals surface area contributed by atoms with E-state index in [2.05, 4.69) is 14.7 Å². The molecule has 0 saturated carbocycles. The van der Waals surface area contributed by atoms with Crippen molar-refractivity contribution in [2.45, 2.75) is 32.6 Å². The quantitative estimate of drug-likeness (QED) is 0.880. The predicted octanol–water partition coefficient (Wildman–Crippen LogP) is 3.16. The second-order valence-corrected chi connectivity index (χ2v) is 6.86. The molecule has 21 heavy (non-hydrogen) atoms. The fourth-order valence-corrected chi connectivity index (χ4v) is 3.93. The summed E-state index contributed by atoms with van der Waals surface area (Å²) in [5.41, 5.74) is 3.31. The maximum absolute atomic E-state index is 12.6. The first-order valence-corrected chi connectivity index (χ1v) is 8.17. The zero-order chi connectivity index (χ0) is 15.8. The molecule has 0 spiro atoms. The Labute approximate surface area is 129 Å². The van der Waals surface area contributed by atoms with Gasteiger partial charge < -0.3 is 0 Å². The van der Waals surface area contributed by atoms with Gasteiger partial charge in [-0.1, -0.05) is 6.07 Å². The molecule has 1 N–H and O–H groups in total. The Hall–Kier alpha value is -1.66. The molecule has 1 aromatic carbocycles. The first-order chi connectivity index (χ1) is 9.72. The summed E-state index contributed by atoms with van der Waals surface area (Å²) < 4.78 is 27.7. The monoisotopic (exact) mass is 325 g/mol. The third-order valence-corrected chi connectivity index (χ3v) is 5.24. The second kappa shape index (κ2) is 5.61. The van der Waals surface area contributed by atoms with Crippen LogP contribution in [0, 0.1) is 27.7 Å². The van der Waals surface area contributed by atoms with Crippen LogP contribution in [0.4, 0.5) is 5.82 Å². The third kappa shape index (κ3) is 3.16. The van der Waals surface area contributed by atoms with Crippen LogP contribution in [0.1, 0.15) is 22.3 Å². The molecule has 7 heteroatoms. The van der Waals surface area contributed by atoms with Crippen molar-refractivity contribution in [2.24, 2.45) is 0 Å². The van der Waals surface area contributed by atoms with Crippen LogP contribution in [0.2, 0.25) is 5.28 Å². The van der Waals surface area contributed by atoms with Gasteiger partial charge in [0.2, 0.25) is 5.28 Å². The van der Waals surface area contributed by atoms with Gasteiger partial charge in [-0.3, -0.25) is 4.72 Å². The van der Waals surface area contributed by atoms with Crippen LogP contribution in [0.5, 0.6) is 0 Å². The number of aryl methyl sites for hydroxylation is 2. The number of benzene rings is 1. The molecule has 0 radical (unpaired) electrons. The zero-order valence-electron chi connectivity index (χ0n) is 12.2. The van der Waals surface area contributed by atoms with Gasteiger partial charge in [-0.05, 0) is 67.6 Å². The minimum absolute atomic E-state index is 0.0101. The highest BCUT2D eigenvalue weighted by molar-refractivity contribution is 7.92. The van der Waals surface area contributed by atoms with Gasteiger partial charge in [0, 0.05) is 6.20 Å². The van der Waals surface area contributed by atoms with Crippen LogP contribution in [-0.4, -0.2) is 18.4 Å². The normalized spacial score (nSPS) is 11.5. The smallest absolute Gasteiger partial charge is 0.263 e. The number of anilines is 1. The first-order valence-electron chi connectivity index (χ1n) is 6.31. The molecule has 0 aliphatic carbocycles. The van der Waals surface area contributed by atoms with Gasteiger partial charge >= 0.3 is 0 Å². The zero-order valence-corrected chi connectivity index (χ0v) is 13.8. The van der Waals surface area contributed by atoms with Crippen molar-refractivity contribution >= 4 is 27.4 Å². The standard InChI is InChI=1S/C14H16ClN3O2S/c1-8-7-9(2)11(4)13(10(8)3)21(19,20)18-12-5-6-16-14(15)17-12/h5-7H,1-4H3,(H,16,17,18). The second-order valence-electron chi connectivity index (χ2n) is 4.91. The van der Waals surface area contributed by atoms with Crippen molar-refractivity contribution < 1.29 is 8.42 Å². The molecule has 0 aliphatic rings. The van der Waals surface area contributed by atoms with E-state index in [1.165, 1.54) is 12.3 Å². The molecule has 112 valence electrons. The van der Waals surface area contributed by atoms with Crippen molar-refractivity contribution in [3.63, 3.8) is 0 Å². The SMILES string of the molecule is Cc1cc(C)c(C)c(S(=O)(=O)Nc2ccnc(Cl)n2)c1C. The maximum Gasteiger partial charge on any atom is 0.263 e. The summed E-state index contributed by atoms with van der Waals surface area (Å²) in [6, 6.07) is 3.43. The molecule has 0 fully saturated rings. The van der Waals surface area contributed by atoms with E-state index in [4.69, 9.17) is 11.6 Å². The van der Waals surface area contributed by atoms with Crippen molar-refractivity contribution in [1.82, 2.24) is 9.97 Å². The number of aromatic nitrogens is 2. The lowest BCUT2D eigenvalue weighted by Crippen LogP contribution is -2.17. The van der Waals surface area contributed by atoms with Crippen LogP contribution < -0.4 is 4.72 Å². The molecule has 0 saturated heterocycles. The number of halogens is 1. The van der Waals surface area contributed by atoms with E-state index >= 15 is 0 Å². The van der Waals surface area contributed by atoms with E-state index in [9.17, 15) is 8.42 Å². The molecule has 0 bridgehead atoms. The summed E-state index contributed by atoms with van der Waals surface area (Å²) in [6.07, 6.45) is 1.40. The van der Waals surface area contributed by atoms with Crippen LogP contribution in [0.15, 0.2) is 23.2 Å². The van der Waals surface area contributed by atoms with E-state index in [-0.39, 0.29) is 16.0 Å². The fraction of sp³-hybridized carbons (Fsp3) is 0.286. The molecule has 0 amide bonds. The summed E-state index contributed by atoms with van der Waals surface area (Å²) in [5.74, 6) is 0.146. The number of nitrogens with one attached hydrogen (secondary N) is 1. The topological polar surface area (TPSA) is 72.0 Å². The van der Waals surface area contributed by atoms with Gasteiger partial charge in [0.05, 0.1) is 4.90 Å². The predicted molar refractivity (Wildman–Crippen MR) is 83.2 cm³/mol. The Kier molecular flexibility index (Phi) is 4.20. The number of hydrogen-bond acceptors (Lipinski definition) is 4. The molecule has 5 nitrogen and oxygen atoms in total. The third-order valence-electron chi connectivity index (χ3n) is 3.43. The highest BCUT2D eigenvalue weighted by atomic mass is 35.5. The number of hydrogen-bond donors (Lipinski definition) is 1. The average Bonchev–Trinajstić information content (AvgIpc) is 2.35. The molecule has 0 atom stereocenters. The molecule has 1 aromatic heterocycles. The summed E-state index contributed by atoms with van der Waals surface area (Å²) >= 11 is 5.68. The lowest BCUT2D eigenvalue weighted by molar-refractivity contribution is 0.599. The van der Waals surface area contributed by atoms with Crippen LogP contribution >= 0.6 is 11.6 Å². The van der Waals surface area contributed by atoms with Gasteiger partial charge in [0.1, 0.15) is 5.82 Å². The van der Waals surface area contributed by atoms with E-state index in [1.807, 2.05) is 19.9 Å². The largest absolute Gasteiger partial charge is 0.263 e. The molecule has 2 aromatic rings. The number of sulfonamides is 1. The fourth-order valence-electron chi connectivity index (χ4n) is 2.16. The Morgan fingerprint density at radius 1 is 1.10 bits per heavy atom. The summed E-state index contributed by atoms with van der Waals surface area (Å²) in [5, 5.41) is -0.0101. The van der Waals surface area contributed by atoms with E-state index in [0.29, 0.717) is 0 Å². The molecule has 1 heterocycles. The van der Waals surface area contributed by atoms with Gasteiger partial charge in [-0.2, -0.15) is 4.98 Å². The maximum atomic E-state index is 12.6. The van der Waals surface area contributed by atoms with Gasteiger partial charge in [0.15, 0.2) is 0 Å². The molecule has 0 unspecified atom stereocenters. The Morgan fingerprint density at radius 2 is 1.67 bits per heavy atom. The van der Waals surface area contributed by atoms with E-state index in [1.54, 1.807) is 13.8 Å². The van der Waals surface area contributed by atoms with Crippen LogP contribution in [0.25, 0.3) is 0 Å². The van der Waals surface area contributed by atoms with Crippen LogP contribution in [-0.2, 0) is 10.0 Å². The average molecular weight is 326 g/mol. The Bertz CT molecular complexity index is 778. The minimum atomic E-state index is -3.74. The van der Waals surface area contributed by atoms with E-state index < -0.39 is 10.0 Å². The van der Waals surface area contributed by atoms with Crippen molar-refractivity contribution in [2.75, 3.05) is 4.72 Å². The molecular formula is C14H16ClN3O2S. The van der Waals surface area contributed by atoms with Crippen molar-refractivity contribution in [3.8, 4) is 0 Å². The highest BCUT2D eigenvalue weighted by Crippen LogP contribution is 2.27. The molecule has 0 aliphatic heterocycles. The van der Waals surface area contributed by atoms with Gasteiger partial charge in [-0.25, -0.2) is 13.4 Å². The van der Waals surface area contributed by atoms with Crippen molar-refractivity contribution in [3.05, 3.63) is 45.9 Å².